The van der Waals surface area contributed by atoms with Crippen molar-refractivity contribution in [3.63, 3.8) is 0 Å². The lowest BCUT2D eigenvalue weighted by molar-refractivity contribution is 0.101. The number of rotatable bonds is 4. The number of nitrogens with two attached hydrogens (primary N) is 1. The molecular formula is C15H22N2O2. The van der Waals surface area contributed by atoms with Crippen LogP contribution in [0.15, 0.2) is 18.2 Å². The minimum atomic E-state index is 0.0165. The lowest BCUT2D eigenvalue weighted by Crippen LogP contribution is -2.35. The van der Waals surface area contributed by atoms with E-state index in [1.54, 1.807) is 14.0 Å². The molecule has 0 aromatic heterocycles. The van der Waals surface area contributed by atoms with E-state index in [4.69, 9.17) is 10.5 Å². The van der Waals surface area contributed by atoms with Crippen molar-refractivity contribution >= 4 is 17.2 Å². The molecule has 0 bridgehead atoms. The Hall–Kier alpha value is -1.55. The van der Waals surface area contributed by atoms with Crippen molar-refractivity contribution in [1.82, 2.24) is 0 Å². The lowest BCUT2D eigenvalue weighted by Gasteiger charge is -2.33. The molecule has 0 saturated carbocycles. The highest BCUT2D eigenvalue weighted by Gasteiger charge is 2.19. The van der Waals surface area contributed by atoms with E-state index in [9.17, 15) is 4.79 Å². The van der Waals surface area contributed by atoms with Gasteiger partial charge in [-0.25, -0.2) is 0 Å². The van der Waals surface area contributed by atoms with Crippen molar-refractivity contribution in [2.24, 2.45) is 5.92 Å². The molecule has 1 aliphatic rings. The third kappa shape index (κ3) is 3.26. The Labute approximate surface area is 114 Å². The summed E-state index contributed by atoms with van der Waals surface area (Å²) in [5, 5.41) is 0. The molecule has 4 heteroatoms. The summed E-state index contributed by atoms with van der Waals surface area (Å²) in [5.74, 6) is 0.679. The maximum absolute atomic E-state index is 11.4. The van der Waals surface area contributed by atoms with Gasteiger partial charge in [0.2, 0.25) is 0 Å². The fourth-order valence-corrected chi connectivity index (χ4v) is 2.66. The number of ketones is 1. The first-order valence-corrected chi connectivity index (χ1v) is 6.76. The highest BCUT2D eigenvalue weighted by Crippen LogP contribution is 2.26. The predicted molar refractivity (Wildman–Crippen MR) is 77.7 cm³/mol. The first-order valence-electron chi connectivity index (χ1n) is 6.76. The average Bonchev–Trinajstić information content (AvgIpc) is 2.39. The number of nitrogens with zero attached hydrogens (tertiary/aromatic N) is 1. The molecule has 0 atom stereocenters. The number of carbonyl (C=O) groups excluding carboxylic acids is 1. The van der Waals surface area contributed by atoms with E-state index in [-0.39, 0.29) is 5.78 Å². The third-order valence-electron chi connectivity index (χ3n) is 3.80. The normalized spacial score (nSPS) is 16.6. The first-order chi connectivity index (χ1) is 9.11. The van der Waals surface area contributed by atoms with E-state index < -0.39 is 0 Å². The number of carbonyl (C=O) groups is 1. The summed E-state index contributed by atoms with van der Waals surface area (Å²) >= 11 is 0. The molecule has 0 spiro atoms. The van der Waals surface area contributed by atoms with Crippen LogP contribution in [0.25, 0.3) is 0 Å². The zero-order valence-corrected chi connectivity index (χ0v) is 11.7. The fourth-order valence-electron chi connectivity index (χ4n) is 2.66. The van der Waals surface area contributed by atoms with Gasteiger partial charge in [-0.05, 0) is 43.9 Å². The van der Waals surface area contributed by atoms with Crippen LogP contribution in [0.2, 0.25) is 0 Å². The molecule has 2 rings (SSSR count). The van der Waals surface area contributed by atoms with Gasteiger partial charge in [0.15, 0.2) is 5.78 Å². The maximum atomic E-state index is 11.4. The van der Waals surface area contributed by atoms with E-state index in [0.717, 1.165) is 38.2 Å². The van der Waals surface area contributed by atoms with E-state index in [1.165, 1.54) is 0 Å². The van der Waals surface area contributed by atoms with E-state index in [1.807, 2.05) is 18.2 Å². The van der Waals surface area contributed by atoms with E-state index in [2.05, 4.69) is 4.90 Å². The Morgan fingerprint density at radius 1 is 1.42 bits per heavy atom. The minimum absolute atomic E-state index is 0.0165. The molecule has 104 valence electrons. The second kappa shape index (κ2) is 6.06. The van der Waals surface area contributed by atoms with Gasteiger partial charge in [0, 0.05) is 43.7 Å². The van der Waals surface area contributed by atoms with Crippen molar-refractivity contribution in [3.05, 3.63) is 23.8 Å². The summed E-state index contributed by atoms with van der Waals surface area (Å²) in [6.45, 7) is 4.43. The predicted octanol–water partition coefficient (Wildman–Crippen LogP) is 2.33. The van der Waals surface area contributed by atoms with Gasteiger partial charge in [0.1, 0.15) is 0 Å². The fraction of sp³-hybridized carbons (Fsp3) is 0.533. The van der Waals surface area contributed by atoms with Gasteiger partial charge in [-0.2, -0.15) is 0 Å². The van der Waals surface area contributed by atoms with Crippen LogP contribution < -0.4 is 10.6 Å². The summed E-state index contributed by atoms with van der Waals surface area (Å²) in [6, 6.07) is 5.73. The van der Waals surface area contributed by atoms with Gasteiger partial charge < -0.3 is 15.4 Å². The molecule has 0 radical (unpaired) electrons. The summed E-state index contributed by atoms with van der Waals surface area (Å²) in [6.07, 6.45) is 2.28. The van der Waals surface area contributed by atoms with Gasteiger partial charge in [0.25, 0.3) is 0 Å². The number of methoxy groups -OCH3 is 1. The van der Waals surface area contributed by atoms with Crippen molar-refractivity contribution in [2.75, 3.05) is 37.4 Å². The third-order valence-corrected chi connectivity index (χ3v) is 3.80. The number of hydrogen-bond donors (Lipinski definition) is 1. The van der Waals surface area contributed by atoms with Gasteiger partial charge in [-0.3, -0.25) is 4.79 Å². The molecule has 0 unspecified atom stereocenters. The number of piperidine rings is 1. The van der Waals surface area contributed by atoms with Crippen molar-refractivity contribution < 1.29 is 9.53 Å². The molecule has 2 N–H and O–H groups in total. The molecule has 1 heterocycles. The monoisotopic (exact) mass is 262 g/mol. The van der Waals surface area contributed by atoms with Crippen LogP contribution in [0, 0.1) is 5.92 Å². The molecule has 1 saturated heterocycles. The van der Waals surface area contributed by atoms with Crippen LogP contribution in [0.5, 0.6) is 0 Å². The maximum Gasteiger partial charge on any atom is 0.161 e. The second-order valence-corrected chi connectivity index (χ2v) is 5.21. The van der Waals surface area contributed by atoms with Crippen LogP contribution >= 0.6 is 0 Å². The average molecular weight is 262 g/mol. The highest BCUT2D eigenvalue weighted by molar-refractivity contribution is 5.99. The topological polar surface area (TPSA) is 55.6 Å². The molecule has 1 fully saturated rings. The summed E-state index contributed by atoms with van der Waals surface area (Å²) in [5.41, 5.74) is 8.23. The van der Waals surface area contributed by atoms with Gasteiger partial charge in [0.05, 0.1) is 0 Å². The minimum Gasteiger partial charge on any atom is -0.398 e. The molecule has 4 nitrogen and oxygen atoms in total. The number of hydrogen-bond acceptors (Lipinski definition) is 4. The Kier molecular flexibility index (Phi) is 4.43. The van der Waals surface area contributed by atoms with Gasteiger partial charge >= 0.3 is 0 Å². The zero-order valence-electron chi connectivity index (χ0n) is 11.7. The first kappa shape index (κ1) is 13.9. The summed E-state index contributed by atoms with van der Waals surface area (Å²) in [7, 11) is 1.76. The number of nitrogen functional groups attached to an aromatic ring is 1. The van der Waals surface area contributed by atoms with Gasteiger partial charge in [-0.15, -0.1) is 0 Å². The van der Waals surface area contributed by atoms with Crippen molar-refractivity contribution in [1.29, 1.82) is 0 Å². The summed E-state index contributed by atoms with van der Waals surface area (Å²) < 4.78 is 5.21. The van der Waals surface area contributed by atoms with Gasteiger partial charge in [-0.1, -0.05) is 0 Å². The van der Waals surface area contributed by atoms with Crippen LogP contribution in [0.1, 0.15) is 30.1 Å². The smallest absolute Gasteiger partial charge is 0.161 e. The molecule has 1 aromatic rings. The zero-order chi connectivity index (χ0) is 13.8. The molecule has 1 aliphatic heterocycles. The second-order valence-electron chi connectivity index (χ2n) is 5.21. The largest absolute Gasteiger partial charge is 0.398 e. The SMILES string of the molecule is COCC1CCN(c2ccc(C(C)=O)c(N)c2)CC1. The van der Waals surface area contributed by atoms with Crippen LogP contribution in [-0.2, 0) is 4.74 Å². The Morgan fingerprint density at radius 2 is 2.11 bits per heavy atom. The number of anilines is 2. The molecular weight excluding hydrogens is 240 g/mol. The molecule has 1 aromatic carbocycles. The molecule has 0 amide bonds. The number of ether oxygens (including phenoxy) is 1. The quantitative estimate of drug-likeness (QED) is 0.668. The Balaban J connectivity index is 2.04. The number of benzene rings is 1. The van der Waals surface area contributed by atoms with Crippen molar-refractivity contribution in [3.8, 4) is 0 Å². The standard InChI is InChI=1S/C15H22N2O2/c1-11(18)14-4-3-13(9-15(14)16)17-7-5-12(6-8-17)10-19-2/h3-4,9,12H,5-8,10,16H2,1-2H3. The molecule has 19 heavy (non-hydrogen) atoms. The van der Waals surface area contributed by atoms with Crippen LogP contribution in [0.4, 0.5) is 11.4 Å². The van der Waals surface area contributed by atoms with Crippen LogP contribution in [-0.4, -0.2) is 32.6 Å². The van der Waals surface area contributed by atoms with Crippen LogP contribution in [0.3, 0.4) is 0 Å². The van der Waals surface area contributed by atoms with Crippen molar-refractivity contribution in [2.45, 2.75) is 19.8 Å². The van der Waals surface area contributed by atoms with E-state index in [0.29, 0.717) is 17.2 Å². The lowest BCUT2D eigenvalue weighted by atomic mass is 9.97. The highest BCUT2D eigenvalue weighted by atomic mass is 16.5. The van der Waals surface area contributed by atoms with E-state index >= 15 is 0 Å². The Bertz CT molecular complexity index is 451. The summed E-state index contributed by atoms with van der Waals surface area (Å²) in [4.78, 5) is 13.7. The molecule has 0 aliphatic carbocycles. The number of Topliss-reactive ketones (excluding diaryl/α,β-unsaturated/α-hetero) is 1. The Morgan fingerprint density at radius 3 is 2.63 bits per heavy atom.